The molecule has 0 fully saturated rings. The largest absolute Gasteiger partial charge is 0.358 e. The fraction of sp³-hybridized carbons (Fsp3) is 0.176. The van der Waals surface area contributed by atoms with E-state index in [4.69, 9.17) is 0 Å². The van der Waals surface area contributed by atoms with Crippen LogP contribution in [0.4, 0.5) is 0 Å². The summed E-state index contributed by atoms with van der Waals surface area (Å²) in [5.41, 5.74) is 5.31. The molecule has 2 heterocycles. The van der Waals surface area contributed by atoms with Gasteiger partial charge < -0.3 is 10.3 Å². The molecule has 3 aromatic rings. The highest BCUT2D eigenvalue weighted by atomic mass is 14.9. The van der Waals surface area contributed by atoms with E-state index < -0.39 is 0 Å². The first-order valence-electron chi connectivity index (χ1n) is 6.81. The molecule has 0 radical (unpaired) electrons. The van der Waals surface area contributed by atoms with Gasteiger partial charge in [0.05, 0.1) is 0 Å². The van der Waals surface area contributed by atoms with Crippen molar-refractivity contribution in [2.24, 2.45) is 0 Å². The molecule has 4 rings (SSSR count). The van der Waals surface area contributed by atoms with Crippen LogP contribution in [-0.4, -0.2) is 11.5 Å². The Hall–Kier alpha value is -2.06. The van der Waals surface area contributed by atoms with Crippen molar-refractivity contribution >= 4 is 10.8 Å². The SMILES string of the molecule is c1ccc2cc(-c3cc4c([nH]3)CCNC4)ccc2c1. The minimum Gasteiger partial charge on any atom is -0.358 e. The lowest BCUT2D eigenvalue weighted by molar-refractivity contribution is 0.638. The third-order valence-electron chi connectivity index (χ3n) is 3.92. The van der Waals surface area contributed by atoms with E-state index in [1.807, 2.05) is 0 Å². The van der Waals surface area contributed by atoms with Gasteiger partial charge in [0, 0.05) is 30.9 Å². The van der Waals surface area contributed by atoms with E-state index >= 15 is 0 Å². The molecule has 0 amide bonds. The molecule has 0 saturated heterocycles. The van der Waals surface area contributed by atoms with Crippen LogP contribution in [0.5, 0.6) is 0 Å². The Kier molecular flexibility index (Phi) is 2.42. The quantitative estimate of drug-likeness (QED) is 0.678. The summed E-state index contributed by atoms with van der Waals surface area (Å²) in [6.07, 6.45) is 1.10. The van der Waals surface area contributed by atoms with Gasteiger partial charge in [-0.3, -0.25) is 0 Å². The van der Waals surface area contributed by atoms with Crippen LogP contribution in [0.25, 0.3) is 22.0 Å². The predicted molar refractivity (Wildman–Crippen MR) is 79.1 cm³/mol. The van der Waals surface area contributed by atoms with E-state index in [0.717, 1.165) is 19.5 Å². The van der Waals surface area contributed by atoms with E-state index in [1.165, 1.54) is 33.3 Å². The summed E-state index contributed by atoms with van der Waals surface area (Å²) in [6.45, 7) is 2.06. The number of hydrogen-bond donors (Lipinski definition) is 2. The number of aromatic amines is 1. The first-order valence-corrected chi connectivity index (χ1v) is 6.81. The smallest absolute Gasteiger partial charge is 0.0459 e. The van der Waals surface area contributed by atoms with Gasteiger partial charge in [-0.2, -0.15) is 0 Å². The highest BCUT2D eigenvalue weighted by molar-refractivity contribution is 5.86. The Balaban J connectivity index is 1.83. The number of H-pyrrole nitrogens is 1. The van der Waals surface area contributed by atoms with Crippen molar-refractivity contribution in [3.63, 3.8) is 0 Å². The highest BCUT2D eigenvalue weighted by Crippen LogP contribution is 2.26. The average Bonchev–Trinajstić information content (AvgIpc) is 2.90. The van der Waals surface area contributed by atoms with Crippen molar-refractivity contribution in [3.05, 3.63) is 59.8 Å². The third-order valence-corrected chi connectivity index (χ3v) is 3.92. The Bertz CT molecular complexity index is 716. The van der Waals surface area contributed by atoms with Crippen molar-refractivity contribution in [2.45, 2.75) is 13.0 Å². The molecule has 0 aliphatic carbocycles. The predicted octanol–water partition coefficient (Wildman–Crippen LogP) is 3.48. The zero-order valence-electron chi connectivity index (χ0n) is 10.7. The van der Waals surface area contributed by atoms with Crippen LogP contribution in [0.2, 0.25) is 0 Å². The van der Waals surface area contributed by atoms with E-state index in [0.29, 0.717) is 0 Å². The molecular weight excluding hydrogens is 232 g/mol. The van der Waals surface area contributed by atoms with Crippen LogP contribution in [0.15, 0.2) is 48.5 Å². The van der Waals surface area contributed by atoms with Crippen molar-refractivity contribution in [3.8, 4) is 11.3 Å². The van der Waals surface area contributed by atoms with E-state index in [9.17, 15) is 0 Å². The van der Waals surface area contributed by atoms with Gasteiger partial charge in [-0.1, -0.05) is 36.4 Å². The lowest BCUT2D eigenvalue weighted by Gasteiger charge is -2.11. The summed E-state index contributed by atoms with van der Waals surface area (Å²) >= 11 is 0. The maximum Gasteiger partial charge on any atom is 0.0459 e. The van der Waals surface area contributed by atoms with Gasteiger partial charge in [0.2, 0.25) is 0 Å². The second-order valence-electron chi connectivity index (χ2n) is 5.18. The zero-order valence-corrected chi connectivity index (χ0v) is 10.7. The molecule has 1 aliphatic rings. The lowest BCUT2D eigenvalue weighted by atomic mass is 10.0. The van der Waals surface area contributed by atoms with Crippen LogP contribution < -0.4 is 5.32 Å². The standard InChI is InChI=1S/C17H16N2/c1-2-4-13-9-14(6-5-12(13)3-1)17-10-15-11-18-8-7-16(15)19-17/h1-6,9-10,18-19H,7-8,11H2. The van der Waals surface area contributed by atoms with E-state index in [2.05, 4.69) is 58.8 Å². The molecule has 94 valence electrons. The van der Waals surface area contributed by atoms with E-state index in [-0.39, 0.29) is 0 Å². The summed E-state index contributed by atoms with van der Waals surface area (Å²) in [5, 5.41) is 6.01. The minimum atomic E-state index is 0.986. The van der Waals surface area contributed by atoms with Gasteiger partial charge >= 0.3 is 0 Å². The number of hydrogen-bond acceptors (Lipinski definition) is 1. The Labute approximate surface area is 112 Å². The van der Waals surface area contributed by atoms with Gasteiger partial charge in [-0.25, -0.2) is 0 Å². The number of fused-ring (bicyclic) bond motifs is 2. The number of aromatic nitrogens is 1. The second-order valence-corrected chi connectivity index (χ2v) is 5.18. The Morgan fingerprint density at radius 1 is 0.895 bits per heavy atom. The van der Waals surface area contributed by atoms with Gasteiger partial charge in [-0.05, 0) is 34.0 Å². The lowest BCUT2D eigenvalue weighted by Crippen LogP contribution is -2.22. The Morgan fingerprint density at radius 3 is 2.68 bits per heavy atom. The van der Waals surface area contributed by atoms with Crippen molar-refractivity contribution < 1.29 is 0 Å². The van der Waals surface area contributed by atoms with Gasteiger partial charge in [0.15, 0.2) is 0 Å². The first kappa shape index (κ1) is 10.8. The van der Waals surface area contributed by atoms with Crippen molar-refractivity contribution in [2.75, 3.05) is 6.54 Å². The topological polar surface area (TPSA) is 27.8 Å². The summed E-state index contributed by atoms with van der Waals surface area (Å²) < 4.78 is 0. The summed E-state index contributed by atoms with van der Waals surface area (Å²) in [4.78, 5) is 3.57. The number of nitrogens with one attached hydrogen (secondary N) is 2. The van der Waals surface area contributed by atoms with Crippen LogP contribution in [-0.2, 0) is 13.0 Å². The molecule has 2 aromatic carbocycles. The molecule has 2 nitrogen and oxygen atoms in total. The summed E-state index contributed by atoms with van der Waals surface area (Å²) in [7, 11) is 0. The fourth-order valence-electron chi connectivity index (χ4n) is 2.87. The molecular formula is C17H16N2. The molecule has 19 heavy (non-hydrogen) atoms. The van der Waals surface area contributed by atoms with Crippen molar-refractivity contribution in [1.82, 2.24) is 10.3 Å². The molecule has 0 bridgehead atoms. The van der Waals surface area contributed by atoms with Gasteiger partial charge in [0.25, 0.3) is 0 Å². The second kappa shape index (κ2) is 4.25. The zero-order chi connectivity index (χ0) is 12.7. The highest BCUT2D eigenvalue weighted by Gasteiger charge is 2.12. The first-order chi connectivity index (χ1) is 9.40. The van der Waals surface area contributed by atoms with E-state index in [1.54, 1.807) is 0 Å². The third kappa shape index (κ3) is 1.85. The molecule has 2 heteroatoms. The van der Waals surface area contributed by atoms with Crippen LogP contribution in [0, 0.1) is 0 Å². The average molecular weight is 248 g/mol. The summed E-state index contributed by atoms with van der Waals surface area (Å²) in [6, 6.07) is 17.4. The number of benzene rings is 2. The van der Waals surface area contributed by atoms with Gasteiger partial charge in [0.1, 0.15) is 0 Å². The monoisotopic (exact) mass is 248 g/mol. The maximum absolute atomic E-state index is 3.57. The van der Waals surface area contributed by atoms with Gasteiger partial charge in [-0.15, -0.1) is 0 Å². The van der Waals surface area contributed by atoms with Crippen LogP contribution >= 0.6 is 0 Å². The number of rotatable bonds is 1. The molecule has 0 spiro atoms. The van der Waals surface area contributed by atoms with Crippen molar-refractivity contribution in [1.29, 1.82) is 0 Å². The minimum absolute atomic E-state index is 0.986. The molecule has 1 aliphatic heterocycles. The maximum atomic E-state index is 3.57. The molecule has 0 unspecified atom stereocenters. The Morgan fingerprint density at radius 2 is 1.79 bits per heavy atom. The summed E-state index contributed by atoms with van der Waals surface area (Å²) in [5.74, 6) is 0. The molecule has 0 atom stereocenters. The molecule has 0 saturated carbocycles. The molecule has 1 aromatic heterocycles. The molecule has 2 N–H and O–H groups in total. The van der Waals surface area contributed by atoms with Crippen LogP contribution in [0.1, 0.15) is 11.3 Å². The fourth-order valence-corrected chi connectivity index (χ4v) is 2.87. The van der Waals surface area contributed by atoms with Crippen LogP contribution in [0.3, 0.4) is 0 Å². The normalized spacial score (nSPS) is 14.5.